The number of benzene rings is 2. The van der Waals surface area contributed by atoms with Crippen LogP contribution in [0.2, 0.25) is 0 Å². The van der Waals surface area contributed by atoms with Gasteiger partial charge in [-0.3, -0.25) is 9.59 Å². The van der Waals surface area contributed by atoms with Crippen molar-refractivity contribution in [1.82, 2.24) is 0 Å². The van der Waals surface area contributed by atoms with E-state index in [1.54, 1.807) is 42.5 Å². The first-order valence-corrected chi connectivity index (χ1v) is 9.70. The van der Waals surface area contributed by atoms with E-state index >= 15 is 0 Å². The molecule has 1 fully saturated rings. The number of fused-ring (bicyclic) bond motifs is 3. The Morgan fingerprint density at radius 2 is 2.10 bits per heavy atom. The third kappa shape index (κ3) is 3.57. The van der Waals surface area contributed by atoms with Crippen molar-refractivity contribution in [3.63, 3.8) is 0 Å². The lowest BCUT2D eigenvalue weighted by Gasteiger charge is -2.33. The molecule has 2 aliphatic heterocycles. The molecule has 0 saturated carbocycles. The van der Waals surface area contributed by atoms with Crippen LogP contribution in [0.1, 0.15) is 35.7 Å². The number of nitrogens with one attached hydrogen (secondary N) is 2. The number of amides is 2. The van der Waals surface area contributed by atoms with Crippen molar-refractivity contribution in [3.8, 4) is 6.07 Å². The number of hydrogen-bond acceptors (Lipinski definition) is 6. The third-order valence-corrected chi connectivity index (χ3v) is 5.31. The second kappa shape index (κ2) is 7.87. The van der Waals surface area contributed by atoms with E-state index in [1.807, 2.05) is 11.0 Å². The van der Waals surface area contributed by atoms with Gasteiger partial charge < -0.3 is 20.3 Å². The van der Waals surface area contributed by atoms with Crippen molar-refractivity contribution in [3.05, 3.63) is 53.6 Å². The second-order valence-corrected chi connectivity index (χ2v) is 7.27. The maximum Gasteiger partial charge on any atom is 0.338 e. The van der Waals surface area contributed by atoms with Gasteiger partial charge >= 0.3 is 5.97 Å². The molecule has 8 nitrogen and oxygen atoms in total. The van der Waals surface area contributed by atoms with Gasteiger partial charge in [0.1, 0.15) is 12.1 Å². The van der Waals surface area contributed by atoms with Crippen molar-refractivity contribution in [1.29, 1.82) is 5.26 Å². The smallest absolute Gasteiger partial charge is 0.338 e. The summed E-state index contributed by atoms with van der Waals surface area (Å²) in [5.41, 5.74) is 2.35. The lowest BCUT2D eigenvalue weighted by atomic mass is 10.1. The Balaban J connectivity index is 1.45. The van der Waals surface area contributed by atoms with Gasteiger partial charge in [-0.2, -0.15) is 5.26 Å². The maximum absolute atomic E-state index is 12.5. The molecule has 4 rings (SSSR count). The number of nitriles is 1. The van der Waals surface area contributed by atoms with Crippen molar-refractivity contribution >= 4 is 34.8 Å². The summed E-state index contributed by atoms with van der Waals surface area (Å²) in [6.07, 6.45) is 0.692. The Bertz CT molecular complexity index is 1080. The predicted molar refractivity (Wildman–Crippen MR) is 110 cm³/mol. The van der Waals surface area contributed by atoms with Crippen LogP contribution in [-0.4, -0.2) is 36.5 Å². The van der Waals surface area contributed by atoms with Crippen LogP contribution in [0.25, 0.3) is 0 Å². The molecule has 2 aliphatic rings. The summed E-state index contributed by atoms with van der Waals surface area (Å²) in [4.78, 5) is 39.3. The summed E-state index contributed by atoms with van der Waals surface area (Å²) in [7, 11) is 0. The number of ether oxygens (including phenoxy) is 1. The lowest BCUT2D eigenvalue weighted by Crippen LogP contribution is -2.43. The summed E-state index contributed by atoms with van der Waals surface area (Å²) in [6, 6.07) is 13.4. The Kier molecular flexibility index (Phi) is 5.11. The van der Waals surface area contributed by atoms with E-state index in [4.69, 9.17) is 10.00 Å². The largest absolute Gasteiger partial charge is 0.449 e. The standard InChI is InChI=1S/C22H20N4O4/c1-13(20(27)24-16-6-3-2-5-15(16)12-23)30-22(29)14-8-9-18-17(11-14)25-21(28)19-7-4-10-26(18)19/h2-3,5-6,8-9,11,13,19H,4,7,10H2,1H3,(H,24,27)(H,25,28)/t13-,19+/m1/s1. The molecule has 2 aromatic rings. The van der Waals surface area contributed by atoms with Crippen molar-refractivity contribution in [2.45, 2.75) is 31.9 Å². The van der Waals surface area contributed by atoms with Crippen LogP contribution < -0.4 is 15.5 Å². The molecular formula is C22H20N4O4. The van der Waals surface area contributed by atoms with Gasteiger partial charge in [-0.25, -0.2) is 4.79 Å². The number of rotatable bonds is 4. The lowest BCUT2D eigenvalue weighted by molar-refractivity contribution is -0.123. The molecule has 0 aliphatic carbocycles. The fraction of sp³-hybridized carbons (Fsp3) is 0.273. The van der Waals surface area contributed by atoms with Gasteiger partial charge in [-0.05, 0) is 50.1 Å². The highest BCUT2D eigenvalue weighted by Crippen LogP contribution is 2.37. The van der Waals surface area contributed by atoms with E-state index in [-0.39, 0.29) is 17.5 Å². The Morgan fingerprint density at radius 1 is 1.30 bits per heavy atom. The molecule has 0 unspecified atom stereocenters. The summed E-state index contributed by atoms with van der Waals surface area (Å²) < 4.78 is 5.29. The molecular weight excluding hydrogens is 384 g/mol. The number of carbonyl (C=O) groups is 3. The van der Waals surface area contributed by atoms with Crippen LogP contribution in [0.3, 0.4) is 0 Å². The van der Waals surface area contributed by atoms with Gasteiger partial charge in [0.15, 0.2) is 6.10 Å². The minimum atomic E-state index is -1.07. The number of hydrogen-bond donors (Lipinski definition) is 2. The molecule has 8 heteroatoms. The number of nitrogens with zero attached hydrogens (tertiary/aromatic N) is 2. The highest BCUT2D eigenvalue weighted by molar-refractivity contribution is 6.06. The number of anilines is 3. The fourth-order valence-electron chi connectivity index (χ4n) is 3.76. The molecule has 1 saturated heterocycles. The predicted octanol–water partition coefficient (Wildman–Crippen LogP) is 2.66. The molecule has 2 atom stereocenters. The van der Waals surface area contributed by atoms with E-state index in [2.05, 4.69) is 10.6 Å². The van der Waals surface area contributed by atoms with Crippen LogP contribution in [0.15, 0.2) is 42.5 Å². The van der Waals surface area contributed by atoms with Gasteiger partial charge in [0.05, 0.1) is 28.2 Å². The number of esters is 1. The Morgan fingerprint density at radius 3 is 2.90 bits per heavy atom. The fourth-order valence-corrected chi connectivity index (χ4v) is 3.76. The molecule has 2 heterocycles. The normalized spacial score (nSPS) is 17.8. The summed E-state index contributed by atoms with van der Waals surface area (Å²) in [6.45, 7) is 2.26. The average molecular weight is 404 g/mol. The van der Waals surface area contributed by atoms with Crippen LogP contribution in [0.4, 0.5) is 17.1 Å². The summed E-state index contributed by atoms with van der Waals surface area (Å²) >= 11 is 0. The van der Waals surface area contributed by atoms with Crippen LogP contribution >= 0.6 is 0 Å². The molecule has 2 amide bonds. The van der Waals surface area contributed by atoms with Crippen molar-refractivity contribution in [2.24, 2.45) is 0 Å². The van der Waals surface area contributed by atoms with Crippen molar-refractivity contribution < 1.29 is 19.1 Å². The zero-order valence-electron chi connectivity index (χ0n) is 16.3. The van der Waals surface area contributed by atoms with Crippen LogP contribution in [0, 0.1) is 11.3 Å². The quantitative estimate of drug-likeness (QED) is 0.758. The first-order valence-electron chi connectivity index (χ1n) is 9.70. The molecule has 30 heavy (non-hydrogen) atoms. The van der Waals surface area contributed by atoms with Crippen LogP contribution in [0.5, 0.6) is 0 Å². The molecule has 2 aromatic carbocycles. The Labute approximate surface area is 173 Å². The monoisotopic (exact) mass is 404 g/mol. The minimum absolute atomic E-state index is 0.0746. The SMILES string of the molecule is C[C@@H](OC(=O)c1ccc2c(c1)NC(=O)[C@@H]1CCCN21)C(=O)Nc1ccccc1C#N. The highest BCUT2D eigenvalue weighted by atomic mass is 16.5. The average Bonchev–Trinajstić information content (AvgIpc) is 3.24. The van der Waals surface area contributed by atoms with Crippen molar-refractivity contribution in [2.75, 3.05) is 22.1 Å². The molecule has 152 valence electrons. The van der Waals surface area contributed by atoms with Gasteiger partial charge in [-0.15, -0.1) is 0 Å². The van der Waals surface area contributed by atoms with Gasteiger partial charge in [-0.1, -0.05) is 12.1 Å². The van der Waals surface area contributed by atoms with E-state index in [1.165, 1.54) is 6.92 Å². The Hall–Kier alpha value is -3.86. The minimum Gasteiger partial charge on any atom is -0.449 e. The van der Waals surface area contributed by atoms with Gasteiger partial charge in [0, 0.05) is 6.54 Å². The van der Waals surface area contributed by atoms with E-state index in [9.17, 15) is 14.4 Å². The topological polar surface area (TPSA) is 112 Å². The molecule has 0 bridgehead atoms. The first-order chi connectivity index (χ1) is 14.5. The summed E-state index contributed by atoms with van der Waals surface area (Å²) in [5, 5.41) is 14.6. The zero-order valence-corrected chi connectivity index (χ0v) is 16.3. The maximum atomic E-state index is 12.5. The van der Waals surface area contributed by atoms with Gasteiger partial charge in [0.2, 0.25) is 5.91 Å². The van der Waals surface area contributed by atoms with E-state index in [0.29, 0.717) is 16.9 Å². The highest BCUT2D eigenvalue weighted by Gasteiger charge is 2.36. The second-order valence-electron chi connectivity index (χ2n) is 7.27. The number of carbonyl (C=O) groups excluding carboxylic acids is 3. The molecule has 0 spiro atoms. The van der Waals surface area contributed by atoms with Gasteiger partial charge in [0.25, 0.3) is 5.91 Å². The molecule has 2 N–H and O–H groups in total. The van der Waals surface area contributed by atoms with E-state index < -0.39 is 18.0 Å². The van der Waals surface area contributed by atoms with Crippen LogP contribution in [-0.2, 0) is 14.3 Å². The van der Waals surface area contributed by atoms with E-state index in [0.717, 1.165) is 25.1 Å². The molecule has 0 aromatic heterocycles. The first kappa shape index (κ1) is 19.5. The molecule has 0 radical (unpaired) electrons. The zero-order chi connectivity index (χ0) is 21.3. The third-order valence-electron chi connectivity index (χ3n) is 5.31. The summed E-state index contributed by atoms with van der Waals surface area (Å²) in [5.74, 6) is -1.29. The number of para-hydroxylation sites is 1.